The largest absolute Gasteiger partial charge is 0.339 e. The van der Waals surface area contributed by atoms with Crippen molar-refractivity contribution in [1.82, 2.24) is 4.90 Å². The Labute approximate surface area is 160 Å². The second-order valence-electron chi connectivity index (χ2n) is 5.13. The molecular formula is C18H18ClIN2O2. The molecule has 0 saturated heterocycles. The van der Waals surface area contributed by atoms with E-state index in [-0.39, 0.29) is 11.8 Å². The molecule has 24 heavy (non-hydrogen) atoms. The first-order valence-electron chi connectivity index (χ1n) is 7.62. The van der Waals surface area contributed by atoms with Crippen molar-refractivity contribution in [2.45, 2.75) is 13.8 Å². The van der Waals surface area contributed by atoms with Crippen LogP contribution in [0, 0.1) is 3.57 Å². The first kappa shape index (κ1) is 18.7. The van der Waals surface area contributed by atoms with Crippen molar-refractivity contribution in [2.24, 2.45) is 0 Å². The summed E-state index contributed by atoms with van der Waals surface area (Å²) in [6, 6.07) is 12.1. The van der Waals surface area contributed by atoms with Crippen LogP contribution in [0.3, 0.4) is 0 Å². The van der Waals surface area contributed by atoms with Gasteiger partial charge in [-0.3, -0.25) is 9.59 Å². The molecule has 6 heteroatoms. The van der Waals surface area contributed by atoms with Gasteiger partial charge in [0.05, 0.1) is 5.56 Å². The lowest BCUT2D eigenvalue weighted by Gasteiger charge is -2.18. The first-order chi connectivity index (χ1) is 11.5. The number of nitrogens with one attached hydrogen (secondary N) is 1. The minimum atomic E-state index is -0.232. The molecule has 0 fully saturated rings. The van der Waals surface area contributed by atoms with Gasteiger partial charge in [-0.1, -0.05) is 11.6 Å². The SMILES string of the molecule is CCN(CC)C(=O)c1ccc(NC(=O)c2cc(Cl)ccc2I)cc1. The zero-order chi connectivity index (χ0) is 17.7. The van der Waals surface area contributed by atoms with Gasteiger partial charge >= 0.3 is 0 Å². The molecule has 126 valence electrons. The monoisotopic (exact) mass is 456 g/mol. The third kappa shape index (κ3) is 4.48. The summed E-state index contributed by atoms with van der Waals surface area (Å²) in [5, 5.41) is 3.34. The highest BCUT2D eigenvalue weighted by molar-refractivity contribution is 14.1. The van der Waals surface area contributed by atoms with Crippen molar-refractivity contribution >= 4 is 51.7 Å². The van der Waals surface area contributed by atoms with Crippen LogP contribution in [-0.2, 0) is 0 Å². The molecule has 0 aliphatic rings. The Bertz CT molecular complexity index is 743. The maximum atomic E-state index is 12.4. The van der Waals surface area contributed by atoms with Crippen LogP contribution in [0.1, 0.15) is 34.6 Å². The normalized spacial score (nSPS) is 10.3. The van der Waals surface area contributed by atoms with Crippen LogP contribution in [0.2, 0.25) is 5.02 Å². The fourth-order valence-electron chi connectivity index (χ4n) is 2.26. The summed E-state index contributed by atoms with van der Waals surface area (Å²) in [6.07, 6.45) is 0. The van der Waals surface area contributed by atoms with Gasteiger partial charge in [0, 0.05) is 32.9 Å². The minimum absolute atomic E-state index is 0.0118. The van der Waals surface area contributed by atoms with Gasteiger partial charge in [-0.25, -0.2) is 0 Å². The Hall–Kier alpha value is -1.60. The summed E-state index contributed by atoms with van der Waals surface area (Å²) in [6.45, 7) is 5.23. The van der Waals surface area contributed by atoms with Crippen LogP contribution < -0.4 is 5.32 Å². The molecule has 0 aliphatic heterocycles. The number of carbonyl (C=O) groups is 2. The second kappa shape index (κ2) is 8.48. The Morgan fingerprint density at radius 1 is 1.08 bits per heavy atom. The number of nitrogens with zero attached hydrogens (tertiary/aromatic N) is 1. The summed E-state index contributed by atoms with van der Waals surface area (Å²) >= 11 is 8.05. The lowest BCUT2D eigenvalue weighted by Crippen LogP contribution is -2.30. The molecule has 0 bridgehead atoms. The van der Waals surface area contributed by atoms with Gasteiger partial charge in [0.2, 0.25) is 0 Å². The van der Waals surface area contributed by atoms with Gasteiger partial charge < -0.3 is 10.2 Å². The number of rotatable bonds is 5. The molecule has 0 radical (unpaired) electrons. The lowest BCUT2D eigenvalue weighted by molar-refractivity contribution is 0.0773. The van der Waals surface area contributed by atoms with Crippen LogP contribution in [0.4, 0.5) is 5.69 Å². The highest BCUT2D eigenvalue weighted by atomic mass is 127. The Kier molecular flexibility index (Phi) is 6.62. The van der Waals surface area contributed by atoms with Gasteiger partial charge in [0.25, 0.3) is 11.8 Å². The zero-order valence-electron chi connectivity index (χ0n) is 13.5. The summed E-state index contributed by atoms with van der Waals surface area (Å²) in [5.74, 6) is -0.244. The van der Waals surface area contributed by atoms with Gasteiger partial charge in [-0.05, 0) is 78.9 Å². The molecule has 0 heterocycles. The quantitative estimate of drug-likeness (QED) is 0.664. The number of amides is 2. The van der Waals surface area contributed by atoms with E-state index in [2.05, 4.69) is 27.9 Å². The van der Waals surface area contributed by atoms with E-state index in [4.69, 9.17) is 11.6 Å². The molecule has 2 aromatic carbocycles. The zero-order valence-corrected chi connectivity index (χ0v) is 16.4. The van der Waals surface area contributed by atoms with E-state index in [0.29, 0.717) is 34.9 Å². The van der Waals surface area contributed by atoms with Crippen molar-refractivity contribution in [2.75, 3.05) is 18.4 Å². The van der Waals surface area contributed by atoms with Crippen LogP contribution in [0.15, 0.2) is 42.5 Å². The Morgan fingerprint density at radius 2 is 1.71 bits per heavy atom. The minimum Gasteiger partial charge on any atom is -0.339 e. The van der Waals surface area contributed by atoms with Crippen molar-refractivity contribution < 1.29 is 9.59 Å². The Morgan fingerprint density at radius 3 is 2.29 bits per heavy atom. The number of halogens is 2. The summed E-state index contributed by atoms with van der Waals surface area (Å²) in [5.41, 5.74) is 1.76. The molecular weight excluding hydrogens is 439 g/mol. The van der Waals surface area contributed by atoms with Gasteiger partial charge in [-0.15, -0.1) is 0 Å². The number of carbonyl (C=O) groups excluding carboxylic acids is 2. The van der Waals surface area contributed by atoms with E-state index in [1.807, 2.05) is 13.8 Å². The summed E-state index contributed by atoms with van der Waals surface area (Å²) in [4.78, 5) is 26.4. The molecule has 0 spiro atoms. The van der Waals surface area contributed by atoms with Crippen LogP contribution in [0.25, 0.3) is 0 Å². The summed E-state index contributed by atoms with van der Waals surface area (Å²) in [7, 11) is 0. The highest BCUT2D eigenvalue weighted by Gasteiger charge is 2.14. The van der Waals surface area contributed by atoms with Crippen LogP contribution in [0.5, 0.6) is 0 Å². The standard InChI is InChI=1S/C18H18ClIN2O2/c1-3-22(4-2)18(24)12-5-8-14(9-6-12)21-17(23)15-11-13(19)7-10-16(15)20/h5-11H,3-4H2,1-2H3,(H,21,23). The van der Waals surface area contributed by atoms with Gasteiger partial charge in [-0.2, -0.15) is 0 Å². The van der Waals surface area contributed by atoms with Crippen molar-refractivity contribution in [3.05, 3.63) is 62.2 Å². The fraction of sp³-hybridized carbons (Fsp3) is 0.222. The molecule has 1 N–H and O–H groups in total. The second-order valence-corrected chi connectivity index (χ2v) is 6.73. The number of benzene rings is 2. The molecule has 2 amide bonds. The van der Waals surface area contributed by atoms with Crippen LogP contribution >= 0.6 is 34.2 Å². The third-order valence-corrected chi connectivity index (χ3v) is 4.79. The van der Waals surface area contributed by atoms with E-state index < -0.39 is 0 Å². The molecule has 0 aromatic heterocycles. The van der Waals surface area contributed by atoms with E-state index in [0.717, 1.165) is 3.57 Å². The molecule has 0 atom stereocenters. The van der Waals surface area contributed by atoms with E-state index in [1.165, 1.54) is 0 Å². The smallest absolute Gasteiger partial charge is 0.256 e. The van der Waals surface area contributed by atoms with Gasteiger partial charge in [0.1, 0.15) is 0 Å². The van der Waals surface area contributed by atoms with Crippen LogP contribution in [-0.4, -0.2) is 29.8 Å². The molecule has 0 saturated carbocycles. The first-order valence-corrected chi connectivity index (χ1v) is 9.07. The predicted molar refractivity (Wildman–Crippen MR) is 106 cm³/mol. The number of hydrogen-bond acceptors (Lipinski definition) is 2. The number of anilines is 1. The van der Waals surface area contributed by atoms with E-state index in [1.54, 1.807) is 47.4 Å². The maximum absolute atomic E-state index is 12.4. The average molecular weight is 457 g/mol. The third-order valence-electron chi connectivity index (χ3n) is 3.61. The van der Waals surface area contributed by atoms with Crippen molar-refractivity contribution in [3.63, 3.8) is 0 Å². The van der Waals surface area contributed by atoms with E-state index in [9.17, 15) is 9.59 Å². The predicted octanol–water partition coefficient (Wildman–Crippen LogP) is 4.68. The molecule has 0 aliphatic carbocycles. The van der Waals surface area contributed by atoms with E-state index >= 15 is 0 Å². The molecule has 0 unspecified atom stereocenters. The topological polar surface area (TPSA) is 49.4 Å². The average Bonchev–Trinajstić information content (AvgIpc) is 2.58. The fourth-order valence-corrected chi connectivity index (χ4v) is 3.01. The summed E-state index contributed by atoms with van der Waals surface area (Å²) < 4.78 is 0.822. The highest BCUT2D eigenvalue weighted by Crippen LogP contribution is 2.20. The molecule has 4 nitrogen and oxygen atoms in total. The molecule has 2 rings (SSSR count). The lowest BCUT2D eigenvalue weighted by atomic mass is 10.1. The van der Waals surface area contributed by atoms with Crippen molar-refractivity contribution in [3.8, 4) is 0 Å². The maximum Gasteiger partial charge on any atom is 0.256 e. The van der Waals surface area contributed by atoms with Crippen molar-refractivity contribution in [1.29, 1.82) is 0 Å². The number of hydrogen-bond donors (Lipinski definition) is 1. The van der Waals surface area contributed by atoms with Gasteiger partial charge in [0.15, 0.2) is 0 Å². The Balaban J connectivity index is 2.13. The molecule has 2 aromatic rings.